The van der Waals surface area contributed by atoms with Crippen molar-refractivity contribution in [3.05, 3.63) is 34.9 Å². The molecule has 8 heteroatoms. The first-order valence-corrected chi connectivity index (χ1v) is 7.93. The molecule has 0 radical (unpaired) electrons. The second-order valence-corrected chi connectivity index (χ2v) is 6.02. The van der Waals surface area contributed by atoms with Crippen molar-refractivity contribution in [1.82, 2.24) is 9.80 Å². The van der Waals surface area contributed by atoms with Crippen molar-refractivity contribution in [2.45, 2.75) is 18.9 Å². The molecule has 2 saturated heterocycles. The summed E-state index contributed by atoms with van der Waals surface area (Å²) in [5.41, 5.74) is -0.767. The number of ether oxygens (including phenoxy) is 1. The maximum absolute atomic E-state index is 13.8. The Hall–Kier alpha value is -1.67. The third kappa shape index (κ3) is 3.25. The molecule has 0 unspecified atom stereocenters. The fourth-order valence-electron chi connectivity index (χ4n) is 3.28. The zero-order valence-corrected chi connectivity index (χ0v) is 13.0. The van der Waals surface area contributed by atoms with Gasteiger partial charge in [-0.3, -0.25) is 9.69 Å². The SMILES string of the molecule is O=C(c1cc(F)c(F)c(F)c1F)N1CCC(N2CCOCC2)CC1. The lowest BCUT2D eigenvalue weighted by atomic mass is 10.0. The first kappa shape index (κ1) is 17.2. The van der Waals surface area contributed by atoms with Crippen LogP contribution in [0, 0.1) is 23.3 Å². The van der Waals surface area contributed by atoms with E-state index in [1.807, 2.05) is 0 Å². The van der Waals surface area contributed by atoms with Crippen molar-refractivity contribution < 1.29 is 27.1 Å². The van der Waals surface area contributed by atoms with E-state index in [4.69, 9.17) is 4.74 Å². The van der Waals surface area contributed by atoms with Gasteiger partial charge < -0.3 is 9.64 Å². The van der Waals surface area contributed by atoms with E-state index in [0.29, 0.717) is 51.3 Å². The van der Waals surface area contributed by atoms with Crippen LogP contribution in [0.15, 0.2) is 6.07 Å². The zero-order chi connectivity index (χ0) is 17.3. The van der Waals surface area contributed by atoms with Crippen LogP contribution in [-0.4, -0.2) is 61.1 Å². The normalized spacial score (nSPS) is 20.4. The van der Waals surface area contributed by atoms with Gasteiger partial charge in [-0.15, -0.1) is 0 Å². The van der Waals surface area contributed by atoms with E-state index in [-0.39, 0.29) is 0 Å². The molecule has 1 aromatic rings. The fourth-order valence-corrected chi connectivity index (χ4v) is 3.28. The molecule has 0 saturated carbocycles. The molecular weight excluding hydrogens is 328 g/mol. The van der Waals surface area contributed by atoms with Gasteiger partial charge in [0.25, 0.3) is 5.91 Å². The summed E-state index contributed by atoms with van der Waals surface area (Å²) in [4.78, 5) is 16.0. The Kier molecular flexibility index (Phi) is 5.05. The largest absolute Gasteiger partial charge is 0.379 e. The minimum atomic E-state index is -1.96. The van der Waals surface area contributed by atoms with Gasteiger partial charge in [0.1, 0.15) is 0 Å². The molecule has 0 aliphatic carbocycles. The van der Waals surface area contributed by atoms with E-state index >= 15 is 0 Å². The molecule has 24 heavy (non-hydrogen) atoms. The monoisotopic (exact) mass is 346 g/mol. The lowest BCUT2D eigenvalue weighted by Gasteiger charge is -2.40. The Balaban J connectivity index is 1.67. The highest BCUT2D eigenvalue weighted by Gasteiger charge is 2.31. The number of hydrogen-bond donors (Lipinski definition) is 0. The van der Waals surface area contributed by atoms with Gasteiger partial charge in [0.05, 0.1) is 18.8 Å². The average molecular weight is 346 g/mol. The maximum atomic E-state index is 13.8. The molecule has 3 rings (SSSR count). The van der Waals surface area contributed by atoms with Gasteiger partial charge in [0, 0.05) is 32.2 Å². The van der Waals surface area contributed by atoms with Crippen LogP contribution in [0.4, 0.5) is 17.6 Å². The highest BCUT2D eigenvalue weighted by atomic mass is 19.2. The van der Waals surface area contributed by atoms with Crippen LogP contribution in [0.5, 0.6) is 0 Å². The van der Waals surface area contributed by atoms with E-state index < -0.39 is 34.7 Å². The second kappa shape index (κ2) is 7.06. The standard InChI is InChI=1S/C16H18F4N2O2/c17-12-9-11(13(18)15(20)14(12)19)16(23)22-3-1-10(2-4-22)21-5-7-24-8-6-21/h9-10H,1-8H2. The summed E-state index contributed by atoms with van der Waals surface area (Å²) in [6, 6.07) is 0.730. The van der Waals surface area contributed by atoms with Crippen molar-refractivity contribution >= 4 is 5.91 Å². The minimum Gasteiger partial charge on any atom is -0.379 e. The Morgan fingerprint density at radius 2 is 1.58 bits per heavy atom. The minimum absolute atomic E-state index is 0.310. The Bertz CT molecular complexity index is 627. The second-order valence-electron chi connectivity index (χ2n) is 6.02. The molecule has 2 aliphatic rings. The van der Waals surface area contributed by atoms with Gasteiger partial charge >= 0.3 is 0 Å². The van der Waals surface area contributed by atoms with Crippen LogP contribution in [-0.2, 0) is 4.74 Å². The van der Waals surface area contributed by atoms with E-state index in [0.717, 1.165) is 13.1 Å². The molecule has 4 nitrogen and oxygen atoms in total. The highest BCUT2D eigenvalue weighted by Crippen LogP contribution is 2.23. The molecule has 132 valence electrons. The number of morpholine rings is 1. The van der Waals surface area contributed by atoms with Crippen molar-refractivity contribution in [2.24, 2.45) is 0 Å². The summed E-state index contributed by atoms with van der Waals surface area (Å²) in [7, 11) is 0. The maximum Gasteiger partial charge on any atom is 0.257 e. The first-order chi connectivity index (χ1) is 11.5. The van der Waals surface area contributed by atoms with Crippen LogP contribution in [0.1, 0.15) is 23.2 Å². The van der Waals surface area contributed by atoms with Crippen molar-refractivity contribution in [3.63, 3.8) is 0 Å². The predicted molar refractivity (Wildman–Crippen MR) is 77.6 cm³/mol. The van der Waals surface area contributed by atoms with Gasteiger partial charge in [-0.05, 0) is 18.9 Å². The van der Waals surface area contributed by atoms with Crippen molar-refractivity contribution in [3.8, 4) is 0 Å². The number of nitrogens with zero attached hydrogens (tertiary/aromatic N) is 2. The summed E-state index contributed by atoms with van der Waals surface area (Å²) in [5, 5.41) is 0. The van der Waals surface area contributed by atoms with Crippen LogP contribution >= 0.6 is 0 Å². The molecule has 2 fully saturated rings. The van der Waals surface area contributed by atoms with E-state index in [1.165, 1.54) is 4.90 Å². The number of carbonyl (C=O) groups excluding carboxylic acids is 1. The number of amides is 1. The zero-order valence-electron chi connectivity index (χ0n) is 13.0. The third-order valence-corrected chi connectivity index (χ3v) is 4.65. The number of carbonyl (C=O) groups is 1. The molecule has 0 spiro atoms. The summed E-state index contributed by atoms with van der Waals surface area (Å²) >= 11 is 0. The van der Waals surface area contributed by atoms with Gasteiger partial charge in [0.15, 0.2) is 23.3 Å². The van der Waals surface area contributed by atoms with E-state index in [1.54, 1.807) is 0 Å². The van der Waals surface area contributed by atoms with Gasteiger partial charge in [-0.1, -0.05) is 0 Å². The van der Waals surface area contributed by atoms with Crippen LogP contribution < -0.4 is 0 Å². The lowest BCUT2D eigenvalue weighted by Crippen LogP contribution is -2.50. The Morgan fingerprint density at radius 1 is 0.958 bits per heavy atom. The quantitative estimate of drug-likeness (QED) is 0.468. The van der Waals surface area contributed by atoms with Gasteiger partial charge in [-0.2, -0.15) is 0 Å². The highest BCUT2D eigenvalue weighted by molar-refractivity contribution is 5.94. The van der Waals surface area contributed by atoms with Crippen molar-refractivity contribution in [1.29, 1.82) is 0 Å². The Labute approximate surface area is 137 Å². The number of benzene rings is 1. The van der Waals surface area contributed by atoms with Crippen LogP contribution in [0.3, 0.4) is 0 Å². The molecule has 2 aliphatic heterocycles. The fraction of sp³-hybridized carbons (Fsp3) is 0.562. The van der Waals surface area contributed by atoms with Crippen LogP contribution in [0.2, 0.25) is 0 Å². The topological polar surface area (TPSA) is 32.8 Å². The summed E-state index contributed by atoms with van der Waals surface area (Å²) in [6.07, 6.45) is 1.39. The molecule has 0 N–H and O–H groups in total. The number of halogens is 4. The molecular formula is C16H18F4N2O2. The number of piperidine rings is 1. The molecule has 2 heterocycles. The van der Waals surface area contributed by atoms with E-state index in [2.05, 4.69) is 4.90 Å². The number of rotatable bonds is 2. The number of likely N-dealkylation sites (tertiary alicyclic amines) is 1. The van der Waals surface area contributed by atoms with Crippen LogP contribution in [0.25, 0.3) is 0 Å². The van der Waals surface area contributed by atoms with Gasteiger partial charge in [0.2, 0.25) is 0 Å². The molecule has 1 amide bonds. The molecule has 1 aromatic carbocycles. The predicted octanol–water partition coefficient (Wildman–Crippen LogP) is 2.18. The third-order valence-electron chi connectivity index (χ3n) is 4.65. The lowest BCUT2D eigenvalue weighted by molar-refractivity contribution is 0.00152. The molecule has 0 bridgehead atoms. The smallest absolute Gasteiger partial charge is 0.257 e. The summed E-state index contributed by atoms with van der Waals surface area (Å²) in [5.74, 6) is -7.89. The number of hydrogen-bond acceptors (Lipinski definition) is 3. The first-order valence-electron chi connectivity index (χ1n) is 7.93. The summed E-state index contributed by atoms with van der Waals surface area (Å²) in [6.45, 7) is 3.75. The van der Waals surface area contributed by atoms with Crippen molar-refractivity contribution in [2.75, 3.05) is 39.4 Å². The summed E-state index contributed by atoms with van der Waals surface area (Å²) < 4.78 is 58.7. The van der Waals surface area contributed by atoms with E-state index in [9.17, 15) is 22.4 Å². The Morgan fingerprint density at radius 3 is 2.21 bits per heavy atom. The average Bonchev–Trinajstić information content (AvgIpc) is 2.63. The van der Waals surface area contributed by atoms with Gasteiger partial charge in [-0.25, -0.2) is 17.6 Å². The molecule has 0 aromatic heterocycles. The molecule has 0 atom stereocenters.